The molecule has 1 heterocycles. The Kier molecular flexibility index (Phi) is 6.79. The summed E-state index contributed by atoms with van der Waals surface area (Å²) >= 11 is 0. The zero-order chi connectivity index (χ0) is 17.4. The van der Waals surface area contributed by atoms with Gasteiger partial charge in [0.1, 0.15) is 11.6 Å². The summed E-state index contributed by atoms with van der Waals surface area (Å²) in [7, 11) is 0. The Morgan fingerprint density at radius 2 is 2.08 bits per heavy atom. The fourth-order valence-corrected chi connectivity index (χ4v) is 2.38. The minimum atomic E-state index is -0.359. The second-order valence-electron chi connectivity index (χ2n) is 5.82. The first-order valence-corrected chi connectivity index (χ1v) is 8.12. The molecule has 1 aromatic rings. The average molecular weight is 328 g/mol. The van der Waals surface area contributed by atoms with Crippen LogP contribution in [0.3, 0.4) is 0 Å². The monoisotopic (exact) mass is 328 g/mol. The molecule has 24 heavy (non-hydrogen) atoms. The van der Waals surface area contributed by atoms with Crippen molar-refractivity contribution in [1.29, 1.82) is 5.26 Å². The van der Waals surface area contributed by atoms with Gasteiger partial charge in [-0.05, 0) is 37.1 Å². The van der Waals surface area contributed by atoms with Crippen LogP contribution in [0, 0.1) is 25.2 Å². The number of benzene rings is 1. The molecule has 1 aliphatic rings. The van der Waals surface area contributed by atoms with E-state index in [0.29, 0.717) is 6.54 Å². The number of nitrogens with zero attached hydrogens (tertiary/aromatic N) is 2. The molecule has 1 saturated heterocycles. The van der Waals surface area contributed by atoms with Gasteiger partial charge < -0.3 is 15.4 Å². The van der Waals surface area contributed by atoms with Gasteiger partial charge in [-0.1, -0.05) is 6.07 Å². The number of hydrogen-bond donors (Lipinski definition) is 2. The van der Waals surface area contributed by atoms with Crippen LogP contribution in [0.15, 0.2) is 30.0 Å². The van der Waals surface area contributed by atoms with E-state index in [4.69, 9.17) is 4.74 Å². The Balaban J connectivity index is 1.83. The third-order valence-electron chi connectivity index (χ3n) is 4.07. The first-order valence-electron chi connectivity index (χ1n) is 8.12. The minimum absolute atomic E-state index is 0.0650. The molecule has 2 rings (SSSR count). The quantitative estimate of drug-likeness (QED) is 0.612. The van der Waals surface area contributed by atoms with Gasteiger partial charge >= 0.3 is 0 Å². The number of amides is 1. The Bertz CT molecular complexity index is 643. The van der Waals surface area contributed by atoms with Gasteiger partial charge in [-0.3, -0.25) is 9.69 Å². The van der Waals surface area contributed by atoms with Crippen LogP contribution in [0.4, 0.5) is 5.69 Å². The number of rotatable bonds is 6. The molecule has 0 aromatic heterocycles. The van der Waals surface area contributed by atoms with E-state index in [0.717, 1.165) is 44.1 Å². The number of carbonyl (C=O) groups is 1. The molecule has 1 aliphatic heterocycles. The van der Waals surface area contributed by atoms with Gasteiger partial charge in [-0.15, -0.1) is 0 Å². The van der Waals surface area contributed by atoms with Crippen LogP contribution in [-0.2, 0) is 9.53 Å². The molecular weight excluding hydrogens is 304 g/mol. The predicted molar refractivity (Wildman–Crippen MR) is 93.5 cm³/mol. The molecule has 0 unspecified atom stereocenters. The van der Waals surface area contributed by atoms with Crippen molar-refractivity contribution in [3.05, 3.63) is 41.1 Å². The number of carbonyl (C=O) groups excluding carboxylic acids is 1. The van der Waals surface area contributed by atoms with Crippen molar-refractivity contribution in [2.24, 2.45) is 0 Å². The van der Waals surface area contributed by atoms with Gasteiger partial charge in [0.05, 0.1) is 13.2 Å². The van der Waals surface area contributed by atoms with Crippen molar-refractivity contribution in [1.82, 2.24) is 10.2 Å². The van der Waals surface area contributed by atoms with E-state index < -0.39 is 0 Å². The minimum Gasteiger partial charge on any atom is -0.379 e. The van der Waals surface area contributed by atoms with Gasteiger partial charge in [-0.2, -0.15) is 5.26 Å². The lowest BCUT2D eigenvalue weighted by Gasteiger charge is -2.26. The van der Waals surface area contributed by atoms with Crippen molar-refractivity contribution < 1.29 is 9.53 Å². The molecule has 0 atom stereocenters. The van der Waals surface area contributed by atoms with Crippen molar-refractivity contribution in [2.75, 3.05) is 44.7 Å². The number of nitrogens with one attached hydrogen (secondary N) is 2. The van der Waals surface area contributed by atoms with Gasteiger partial charge in [-0.25, -0.2) is 0 Å². The number of hydrogen-bond acceptors (Lipinski definition) is 5. The summed E-state index contributed by atoms with van der Waals surface area (Å²) in [5, 5.41) is 15.0. The highest BCUT2D eigenvalue weighted by Gasteiger charge is 2.12. The lowest BCUT2D eigenvalue weighted by Crippen LogP contribution is -2.41. The summed E-state index contributed by atoms with van der Waals surface area (Å²) in [5.74, 6) is -0.359. The van der Waals surface area contributed by atoms with Crippen LogP contribution in [0.1, 0.15) is 11.1 Å². The summed E-state index contributed by atoms with van der Waals surface area (Å²) in [6.07, 6.45) is 1.45. The fraction of sp³-hybridized carbons (Fsp3) is 0.444. The van der Waals surface area contributed by atoms with E-state index in [1.165, 1.54) is 11.8 Å². The number of nitriles is 1. The van der Waals surface area contributed by atoms with E-state index >= 15 is 0 Å². The number of aryl methyl sites for hydroxylation is 2. The van der Waals surface area contributed by atoms with Crippen LogP contribution in [-0.4, -0.2) is 50.2 Å². The second-order valence-corrected chi connectivity index (χ2v) is 5.82. The third-order valence-corrected chi connectivity index (χ3v) is 4.07. The Morgan fingerprint density at radius 3 is 2.75 bits per heavy atom. The molecule has 0 aliphatic carbocycles. The first-order chi connectivity index (χ1) is 11.6. The number of ether oxygens (including phenoxy) is 1. The molecule has 2 N–H and O–H groups in total. The van der Waals surface area contributed by atoms with Gasteiger partial charge in [0, 0.05) is 38.1 Å². The third kappa shape index (κ3) is 5.37. The van der Waals surface area contributed by atoms with Gasteiger partial charge in [0.2, 0.25) is 0 Å². The van der Waals surface area contributed by atoms with E-state index in [9.17, 15) is 10.1 Å². The molecule has 128 valence electrons. The van der Waals surface area contributed by atoms with Crippen LogP contribution in [0.5, 0.6) is 0 Å². The molecule has 1 fully saturated rings. The second kappa shape index (κ2) is 9.06. The largest absolute Gasteiger partial charge is 0.379 e. The molecule has 1 aromatic carbocycles. The molecule has 6 nitrogen and oxygen atoms in total. The van der Waals surface area contributed by atoms with Gasteiger partial charge in [0.15, 0.2) is 0 Å². The number of morpholine rings is 1. The van der Waals surface area contributed by atoms with E-state index in [1.807, 2.05) is 38.1 Å². The van der Waals surface area contributed by atoms with Crippen molar-refractivity contribution in [3.8, 4) is 6.07 Å². The Labute approximate surface area is 143 Å². The maximum Gasteiger partial charge on any atom is 0.263 e. The molecular formula is C18H24N4O2. The van der Waals surface area contributed by atoms with Crippen LogP contribution >= 0.6 is 0 Å². The maximum absolute atomic E-state index is 12.1. The zero-order valence-electron chi connectivity index (χ0n) is 14.3. The highest BCUT2D eigenvalue weighted by Crippen LogP contribution is 2.14. The van der Waals surface area contributed by atoms with Crippen molar-refractivity contribution in [3.63, 3.8) is 0 Å². The SMILES string of the molecule is Cc1ccc(N/C=C(/C#N)C(=O)NCCN2CCOCC2)cc1C. The van der Waals surface area contributed by atoms with Crippen molar-refractivity contribution in [2.45, 2.75) is 13.8 Å². The lowest BCUT2D eigenvalue weighted by atomic mass is 10.1. The molecule has 0 radical (unpaired) electrons. The van der Waals surface area contributed by atoms with Crippen molar-refractivity contribution >= 4 is 11.6 Å². The summed E-state index contributed by atoms with van der Waals surface area (Å²) in [6.45, 7) is 8.57. The summed E-state index contributed by atoms with van der Waals surface area (Å²) in [5.41, 5.74) is 3.27. The smallest absolute Gasteiger partial charge is 0.263 e. The highest BCUT2D eigenvalue weighted by molar-refractivity contribution is 5.97. The van der Waals surface area contributed by atoms with E-state index in [1.54, 1.807) is 0 Å². The van der Waals surface area contributed by atoms with Crippen LogP contribution in [0.2, 0.25) is 0 Å². The molecule has 1 amide bonds. The van der Waals surface area contributed by atoms with E-state index in [-0.39, 0.29) is 11.5 Å². The van der Waals surface area contributed by atoms with Crippen LogP contribution < -0.4 is 10.6 Å². The summed E-state index contributed by atoms with van der Waals surface area (Å²) < 4.78 is 5.28. The predicted octanol–water partition coefficient (Wildman–Crippen LogP) is 1.57. The molecule has 6 heteroatoms. The summed E-state index contributed by atoms with van der Waals surface area (Å²) in [4.78, 5) is 14.3. The highest BCUT2D eigenvalue weighted by atomic mass is 16.5. The normalized spacial score (nSPS) is 15.6. The Hall–Kier alpha value is -2.36. The van der Waals surface area contributed by atoms with Crippen LogP contribution in [0.25, 0.3) is 0 Å². The molecule has 0 saturated carbocycles. The maximum atomic E-state index is 12.1. The topological polar surface area (TPSA) is 77.4 Å². The standard InChI is InChI=1S/C18H24N4O2/c1-14-3-4-17(11-15(14)2)21-13-16(12-19)18(23)20-5-6-22-7-9-24-10-8-22/h3-4,11,13,21H,5-10H2,1-2H3,(H,20,23)/b16-13-. The van der Waals surface area contributed by atoms with Gasteiger partial charge in [0.25, 0.3) is 5.91 Å². The summed E-state index contributed by atoms with van der Waals surface area (Å²) in [6, 6.07) is 7.84. The first kappa shape index (κ1) is 18.0. The molecule has 0 spiro atoms. The fourth-order valence-electron chi connectivity index (χ4n) is 2.38. The lowest BCUT2D eigenvalue weighted by molar-refractivity contribution is -0.117. The average Bonchev–Trinajstić information content (AvgIpc) is 2.59. The number of anilines is 1. The van der Waals surface area contributed by atoms with E-state index in [2.05, 4.69) is 15.5 Å². The molecule has 0 bridgehead atoms. The zero-order valence-corrected chi connectivity index (χ0v) is 14.3. The Morgan fingerprint density at radius 1 is 1.33 bits per heavy atom.